The summed E-state index contributed by atoms with van der Waals surface area (Å²) in [7, 11) is 0. The lowest BCUT2D eigenvalue weighted by Gasteiger charge is -2.17. The minimum absolute atomic E-state index is 0.00632. The molecule has 0 fully saturated rings. The predicted molar refractivity (Wildman–Crippen MR) is 74.7 cm³/mol. The van der Waals surface area contributed by atoms with Crippen molar-refractivity contribution in [2.45, 2.75) is 26.2 Å². The van der Waals surface area contributed by atoms with Gasteiger partial charge in [-0.1, -0.05) is 18.2 Å². The van der Waals surface area contributed by atoms with Crippen LogP contribution < -0.4 is 10.6 Å². The summed E-state index contributed by atoms with van der Waals surface area (Å²) < 4.78 is 0. The summed E-state index contributed by atoms with van der Waals surface area (Å²) >= 11 is 0. The number of rotatable bonds is 4. The molecule has 1 unspecified atom stereocenters. The molecule has 0 aromatic heterocycles. The van der Waals surface area contributed by atoms with Crippen LogP contribution in [0.25, 0.3) is 0 Å². The van der Waals surface area contributed by atoms with E-state index < -0.39 is 5.41 Å². The van der Waals surface area contributed by atoms with Gasteiger partial charge in [0.25, 0.3) is 0 Å². The van der Waals surface area contributed by atoms with Gasteiger partial charge in [-0.15, -0.1) is 0 Å². The highest BCUT2D eigenvalue weighted by Gasteiger charge is 2.25. The number of benzene rings is 1. The van der Waals surface area contributed by atoms with Gasteiger partial charge in [0.15, 0.2) is 0 Å². The molecule has 1 aliphatic heterocycles. The Morgan fingerprint density at radius 3 is 3.00 bits per heavy atom. The summed E-state index contributed by atoms with van der Waals surface area (Å²) in [4.78, 5) is 11.9. The van der Waals surface area contributed by atoms with Gasteiger partial charge in [-0.2, -0.15) is 5.26 Å². The van der Waals surface area contributed by atoms with E-state index in [1.165, 1.54) is 5.56 Å². The van der Waals surface area contributed by atoms with Crippen molar-refractivity contribution in [3.8, 4) is 6.07 Å². The Labute approximate surface area is 113 Å². The summed E-state index contributed by atoms with van der Waals surface area (Å²) in [5, 5.41) is 15.1. The summed E-state index contributed by atoms with van der Waals surface area (Å²) in [6, 6.07) is 10.3. The van der Waals surface area contributed by atoms with Gasteiger partial charge >= 0.3 is 0 Å². The zero-order valence-electron chi connectivity index (χ0n) is 11.4. The summed E-state index contributed by atoms with van der Waals surface area (Å²) in [6.45, 7) is 4.83. The molecule has 2 rings (SSSR count). The van der Waals surface area contributed by atoms with Crippen molar-refractivity contribution < 1.29 is 4.79 Å². The molecule has 0 aliphatic carbocycles. The molecule has 1 amide bonds. The lowest BCUT2D eigenvalue weighted by Crippen LogP contribution is -2.34. The molecule has 2 N–H and O–H groups in total. The Morgan fingerprint density at radius 1 is 1.53 bits per heavy atom. The zero-order valence-corrected chi connectivity index (χ0v) is 11.4. The minimum atomic E-state index is -0.512. The second-order valence-corrected chi connectivity index (χ2v) is 5.64. The van der Waals surface area contributed by atoms with Gasteiger partial charge in [0.1, 0.15) is 0 Å². The Morgan fingerprint density at radius 2 is 2.26 bits per heavy atom. The highest BCUT2D eigenvalue weighted by Crippen LogP contribution is 2.33. The molecule has 0 spiro atoms. The average molecular weight is 257 g/mol. The first-order valence-corrected chi connectivity index (χ1v) is 6.52. The fourth-order valence-corrected chi connectivity index (χ4v) is 2.19. The lowest BCUT2D eigenvalue weighted by atomic mass is 9.95. The molecule has 4 nitrogen and oxygen atoms in total. The van der Waals surface area contributed by atoms with E-state index in [9.17, 15) is 4.79 Å². The molecule has 1 aliphatic rings. The number of carbonyl (C=O) groups excluding carboxylic acids is 1. The van der Waals surface area contributed by atoms with Crippen LogP contribution in [-0.2, 0) is 4.79 Å². The van der Waals surface area contributed by atoms with Crippen molar-refractivity contribution in [1.82, 2.24) is 5.32 Å². The van der Waals surface area contributed by atoms with Crippen LogP contribution in [0.4, 0.5) is 5.69 Å². The molecule has 4 heteroatoms. The maximum Gasteiger partial charge on any atom is 0.220 e. The minimum Gasteiger partial charge on any atom is -0.384 e. The van der Waals surface area contributed by atoms with Crippen molar-refractivity contribution in [3.63, 3.8) is 0 Å². The number of carbonyl (C=O) groups is 1. The first-order valence-electron chi connectivity index (χ1n) is 6.52. The Hall–Kier alpha value is -2.02. The summed E-state index contributed by atoms with van der Waals surface area (Å²) in [5.41, 5.74) is 1.82. The van der Waals surface area contributed by atoms with E-state index in [0.717, 1.165) is 12.2 Å². The lowest BCUT2D eigenvalue weighted by molar-refractivity contribution is -0.121. The fourth-order valence-electron chi connectivity index (χ4n) is 2.19. The molecule has 0 bridgehead atoms. The predicted octanol–water partition coefficient (Wildman–Crippen LogP) is 2.25. The Bertz CT molecular complexity index is 516. The van der Waals surface area contributed by atoms with E-state index in [4.69, 9.17) is 5.26 Å². The summed E-state index contributed by atoms with van der Waals surface area (Å²) in [5.74, 6) is 0.230. The molecular weight excluding hydrogens is 238 g/mol. The van der Waals surface area contributed by atoms with Gasteiger partial charge in [0, 0.05) is 31.1 Å². The third-order valence-electron chi connectivity index (χ3n) is 3.40. The number of nitrogens with one attached hydrogen (secondary N) is 2. The smallest absolute Gasteiger partial charge is 0.220 e. The van der Waals surface area contributed by atoms with E-state index in [-0.39, 0.29) is 11.8 Å². The maximum atomic E-state index is 11.9. The van der Waals surface area contributed by atoms with E-state index >= 15 is 0 Å². The average Bonchev–Trinajstić information content (AvgIpc) is 2.80. The monoisotopic (exact) mass is 257 g/mol. The molecule has 0 saturated heterocycles. The number of nitrogens with zero attached hydrogens (tertiary/aromatic N) is 1. The van der Waals surface area contributed by atoms with Crippen molar-refractivity contribution in [3.05, 3.63) is 29.8 Å². The van der Waals surface area contributed by atoms with Gasteiger partial charge in [0.2, 0.25) is 5.91 Å². The number of para-hydroxylation sites is 1. The van der Waals surface area contributed by atoms with Crippen molar-refractivity contribution in [1.29, 1.82) is 5.26 Å². The molecule has 0 radical (unpaired) electrons. The van der Waals surface area contributed by atoms with Gasteiger partial charge in [0.05, 0.1) is 11.5 Å². The summed E-state index contributed by atoms with van der Waals surface area (Å²) in [6.07, 6.45) is 0.464. The van der Waals surface area contributed by atoms with Crippen LogP contribution >= 0.6 is 0 Å². The normalized spacial score (nSPS) is 17.2. The quantitative estimate of drug-likeness (QED) is 0.869. The number of fused-ring (bicyclic) bond motifs is 1. The van der Waals surface area contributed by atoms with Crippen LogP contribution in [0, 0.1) is 16.7 Å². The zero-order chi connectivity index (χ0) is 13.9. The maximum absolute atomic E-state index is 11.9. The first-order chi connectivity index (χ1) is 9.02. The molecule has 19 heavy (non-hydrogen) atoms. The van der Waals surface area contributed by atoms with Gasteiger partial charge in [-0.05, 0) is 25.5 Å². The standard InChI is InChI=1S/C15H19N3O/c1-15(2,9-16)10-18-14(19)7-11-8-17-13-6-4-3-5-12(11)13/h3-6,11,17H,7-8,10H2,1-2H3,(H,18,19). The van der Waals surface area contributed by atoms with Crippen LogP contribution in [0.3, 0.4) is 0 Å². The van der Waals surface area contributed by atoms with E-state index in [1.807, 2.05) is 32.0 Å². The van der Waals surface area contributed by atoms with Crippen molar-refractivity contribution in [2.24, 2.45) is 5.41 Å². The van der Waals surface area contributed by atoms with Crippen LogP contribution in [0.5, 0.6) is 0 Å². The highest BCUT2D eigenvalue weighted by atomic mass is 16.1. The number of hydrogen-bond acceptors (Lipinski definition) is 3. The number of hydrogen-bond donors (Lipinski definition) is 2. The third kappa shape index (κ3) is 3.25. The largest absolute Gasteiger partial charge is 0.384 e. The molecule has 1 atom stereocenters. The Balaban J connectivity index is 1.90. The van der Waals surface area contributed by atoms with Crippen LogP contribution in [0.15, 0.2) is 24.3 Å². The molecule has 1 aromatic rings. The van der Waals surface area contributed by atoms with Gasteiger partial charge in [-0.25, -0.2) is 0 Å². The SMILES string of the molecule is CC(C)(C#N)CNC(=O)CC1CNc2ccccc21. The van der Waals surface area contributed by atoms with Crippen LogP contribution in [0.2, 0.25) is 0 Å². The topological polar surface area (TPSA) is 64.9 Å². The third-order valence-corrected chi connectivity index (χ3v) is 3.40. The van der Waals surface area contributed by atoms with Gasteiger partial charge in [-0.3, -0.25) is 4.79 Å². The Kier molecular flexibility index (Phi) is 3.75. The van der Waals surface area contributed by atoms with Crippen LogP contribution in [-0.4, -0.2) is 19.0 Å². The highest BCUT2D eigenvalue weighted by molar-refractivity contribution is 5.78. The number of nitriles is 1. The van der Waals surface area contributed by atoms with Gasteiger partial charge < -0.3 is 10.6 Å². The van der Waals surface area contributed by atoms with Crippen molar-refractivity contribution >= 4 is 11.6 Å². The molecule has 100 valence electrons. The van der Waals surface area contributed by atoms with E-state index in [1.54, 1.807) is 0 Å². The first kappa shape index (κ1) is 13.4. The second kappa shape index (κ2) is 5.31. The van der Waals surface area contributed by atoms with Crippen LogP contribution in [0.1, 0.15) is 31.7 Å². The van der Waals surface area contributed by atoms with Crippen molar-refractivity contribution in [2.75, 3.05) is 18.4 Å². The van der Waals surface area contributed by atoms with E-state index in [0.29, 0.717) is 13.0 Å². The number of amides is 1. The molecule has 0 saturated carbocycles. The fraction of sp³-hybridized carbons (Fsp3) is 0.467. The second-order valence-electron chi connectivity index (χ2n) is 5.64. The molecule has 1 heterocycles. The molecular formula is C15H19N3O. The van der Waals surface area contributed by atoms with E-state index in [2.05, 4.69) is 22.8 Å². The molecule has 1 aromatic carbocycles. The number of anilines is 1.